The molecule has 8 nitrogen and oxygen atoms in total. The number of rotatable bonds is 51. The molecule has 0 bridgehead atoms. The summed E-state index contributed by atoms with van der Waals surface area (Å²) in [4.78, 5) is 23.0. The van der Waals surface area contributed by atoms with Gasteiger partial charge in [0.15, 0.2) is 0 Å². The Labute approximate surface area is 414 Å². The van der Waals surface area contributed by atoms with Crippen molar-refractivity contribution in [3.05, 3.63) is 72.9 Å². The predicted molar refractivity (Wildman–Crippen MR) is 288 cm³/mol. The molecule has 0 radical (unpaired) electrons. The Bertz CT molecular complexity index is 1300. The van der Waals surface area contributed by atoms with Gasteiger partial charge in [-0.1, -0.05) is 234 Å². The first kappa shape index (κ1) is 64.9. The predicted octanol–water partition coefficient (Wildman–Crippen LogP) is 17.4. The number of hydrogen-bond donors (Lipinski definition) is 1. The van der Waals surface area contributed by atoms with Crippen molar-refractivity contribution in [3.8, 4) is 0 Å². The Hall–Kier alpha value is -2.06. The number of esters is 1. The van der Waals surface area contributed by atoms with Gasteiger partial charge in [-0.2, -0.15) is 0 Å². The Balaban J connectivity index is 4.16. The van der Waals surface area contributed by atoms with E-state index >= 15 is 0 Å². The molecule has 0 aromatic rings. The van der Waals surface area contributed by atoms with E-state index in [1.807, 2.05) is 21.1 Å². The molecule has 0 aromatic heterocycles. The molecule has 2 atom stereocenters. The largest absolute Gasteiger partial charge is 0.472 e. The molecule has 0 aromatic carbocycles. The molecule has 0 aliphatic heterocycles. The van der Waals surface area contributed by atoms with E-state index in [0.29, 0.717) is 24.1 Å². The van der Waals surface area contributed by atoms with Gasteiger partial charge < -0.3 is 18.9 Å². The van der Waals surface area contributed by atoms with Gasteiger partial charge in [-0.25, -0.2) is 4.57 Å². The summed E-state index contributed by atoms with van der Waals surface area (Å²) in [5.74, 6) is -0.353. The van der Waals surface area contributed by atoms with E-state index in [1.165, 1.54) is 141 Å². The maximum Gasteiger partial charge on any atom is 0.472 e. The monoisotopic (exact) mass is 961 g/mol. The minimum Gasteiger partial charge on any atom is -0.457 e. The molecule has 0 amide bonds. The van der Waals surface area contributed by atoms with E-state index in [1.54, 1.807) is 0 Å². The van der Waals surface area contributed by atoms with Crippen molar-refractivity contribution in [2.75, 3.05) is 54.1 Å². The number of phosphoric ester groups is 1. The van der Waals surface area contributed by atoms with Gasteiger partial charge in [-0.15, -0.1) is 0 Å². The van der Waals surface area contributed by atoms with Crippen LogP contribution in [0.25, 0.3) is 0 Å². The topological polar surface area (TPSA) is 91.3 Å². The second-order valence-corrected chi connectivity index (χ2v) is 21.0. The van der Waals surface area contributed by atoms with Crippen molar-refractivity contribution in [3.63, 3.8) is 0 Å². The summed E-state index contributed by atoms with van der Waals surface area (Å²) in [6.45, 7) is 5.48. The third kappa shape index (κ3) is 54.7. The molecule has 0 aliphatic carbocycles. The van der Waals surface area contributed by atoms with Crippen LogP contribution in [0.4, 0.5) is 0 Å². The zero-order valence-electron chi connectivity index (χ0n) is 44.4. The summed E-state index contributed by atoms with van der Waals surface area (Å²) >= 11 is 0. The molecule has 0 aliphatic rings. The second kappa shape index (κ2) is 50.3. The number of nitrogens with zero attached hydrogens (tertiary/aromatic N) is 1. The van der Waals surface area contributed by atoms with Crippen LogP contribution < -0.4 is 0 Å². The molecule has 0 saturated carbocycles. The van der Waals surface area contributed by atoms with Crippen LogP contribution in [0.2, 0.25) is 0 Å². The van der Waals surface area contributed by atoms with Crippen molar-refractivity contribution in [2.45, 2.75) is 238 Å². The first-order valence-electron chi connectivity index (χ1n) is 27.7. The molecular formula is C58H107NO7P+. The fourth-order valence-electron chi connectivity index (χ4n) is 7.56. The van der Waals surface area contributed by atoms with Gasteiger partial charge >= 0.3 is 13.8 Å². The average Bonchev–Trinajstić information content (AvgIpc) is 3.29. The third-order valence-electron chi connectivity index (χ3n) is 11.8. The lowest BCUT2D eigenvalue weighted by molar-refractivity contribution is -0.870. The van der Waals surface area contributed by atoms with E-state index in [9.17, 15) is 14.3 Å². The summed E-state index contributed by atoms with van der Waals surface area (Å²) < 4.78 is 35.2. The molecule has 0 saturated heterocycles. The first-order chi connectivity index (χ1) is 32.6. The zero-order valence-corrected chi connectivity index (χ0v) is 45.3. The summed E-state index contributed by atoms with van der Waals surface area (Å²) in [7, 11) is 1.64. The molecular weight excluding hydrogens is 854 g/mol. The molecule has 0 rings (SSSR count). The molecule has 0 spiro atoms. The number of allylic oxidation sites excluding steroid dienone is 12. The van der Waals surface area contributed by atoms with Crippen LogP contribution in [0.5, 0.6) is 0 Å². The lowest BCUT2D eigenvalue weighted by atomic mass is 10.0. The fraction of sp³-hybridized carbons (Fsp3) is 0.776. The van der Waals surface area contributed by atoms with Gasteiger partial charge in [0.05, 0.1) is 34.4 Å². The number of ether oxygens (including phenoxy) is 2. The number of carbonyl (C=O) groups excluding carboxylic acids is 1. The first-order valence-corrected chi connectivity index (χ1v) is 29.2. The molecule has 9 heteroatoms. The lowest BCUT2D eigenvalue weighted by Crippen LogP contribution is -2.37. The van der Waals surface area contributed by atoms with Crippen LogP contribution in [-0.2, 0) is 27.9 Å². The van der Waals surface area contributed by atoms with E-state index in [2.05, 4.69) is 86.8 Å². The molecule has 390 valence electrons. The highest BCUT2D eigenvalue weighted by Gasteiger charge is 2.26. The number of likely N-dealkylation sites (N-methyl/N-ethyl adjacent to an activating group) is 1. The summed E-state index contributed by atoms with van der Waals surface area (Å²) in [5, 5.41) is 0. The molecule has 0 heterocycles. The third-order valence-corrected chi connectivity index (χ3v) is 12.8. The number of quaternary nitrogens is 1. The smallest absolute Gasteiger partial charge is 0.457 e. The fourth-order valence-corrected chi connectivity index (χ4v) is 8.30. The Morgan fingerprint density at radius 3 is 1.27 bits per heavy atom. The minimum absolute atomic E-state index is 0.0779. The molecule has 1 N–H and O–H groups in total. The number of phosphoric acid groups is 1. The summed E-state index contributed by atoms with van der Waals surface area (Å²) in [5.41, 5.74) is 0. The molecule has 0 fully saturated rings. The van der Waals surface area contributed by atoms with Crippen LogP contribution in [0, 0.1) is 0 Å². The average molecular weight is 961 g/mol. The van der Waals surface area contributed by atoms with Crippen molar-refractivity contribution >= 4 is 13.8 Å². The van der Waals surface area contributed by atoms with Gasteiger partial charge in [0.25, 0.3) is 0 Å². The Morgan fingerprint density at radius 1 is 0.478 bits per heavy atom. The van der Waals surface area contributed by atoms with Crippen molar-refractivity contribution < 1.29 is 37.3 Å². The van der Waals surface area contributed by atoms with Crippen LogP contribution >= 0.6 is 7.82 Å². The number of unbranched alkanes of at least 4 members (excludes halogenated alkanes) is 25. The normalized spacial score (nSPS) is 14.1. The highest BCUT2D eigenvalue weighted by molar-refractivity contribution is 7.47. The minimum atomic E-state index is -4.30. The summed E-state index contributed by atoms with van der Waals surface area (Å²) in [6, 6.07) is 0. The molecule has 2 unspecified atom stereocenters. The van der Waals surface area contributed by atoms with Crippen molar-refractivity contribution in [1.29, 1.82) is 0 Å². The van der Waals surface area contributed by atoms with Crippen LogP contribution in [0.3, 0.4) is 0 Å². The number of hydrogen-bond acceptors (Lipinski definition) is 6. The van der Waals surface area contributed by atoms with Crippen molar-refractivity contribution in [2.24, 2.45) is 0 Å². The van der Waals surface area contributed by atoms with Gasteiger partial charge in [-0.3, -0.25) is 13.8 Å². The second-order valence-electron chi connectivity index (χ2n) is 19.6. The van der Waals surface area contributed by atoms with E-state index < -0.39 is 13.9 Å². The van der Waals surface area contributed by atoms with E-state index in [4.69, 9.17) is 18.5 Å². The van der Waals surface area contributed by atoms with E-state index in [-0.39, 0.29) is 32.2 Å². The van der Waals surface area contributed by atoms with Crippen molar-refractivity contribution in [1.82, 2.24) is 0 Å². The molecule has 67 heavy (non-hydrogen) atoms. The number of carbonyl (C=O) groups is 1. The van der Waals surface area contributed by atoms with Gasteiger partial charge in [-0.05, 0) is 64.2 Å². The SMILES string of the molecule is CC/C=C\C/C=C\C/C=C\C/C=C\C/C=C\C/C=C\CCCCC(=O)OC(COCCCCCCCCCCCCCCCCCCCCCCCCCC)COP(=O)(O)OCC[N+](C)(C)C. The van der Waals surface area contributed by atoms with Gasteiger partial charge in [0.2, 0.25) is 0 Å². The highest BCUT2D eigenvalue weighted by Crippen LogP contribution is 2.43. The Kier molecular flexibility index (Phi) is 48.8. The van der Waals surface area contributed by atoms with E-state index in [0.717, 1.165) is 64.2 Å². The maximum absolute atomic E-state index is 12.8. The quantitative estimate of drug-likeness (QED) is 0.0213. The maximum atomic E-state index is 12.8. The lowest BCUT2D eigenvalue weighted by Gasteiger charge is -2.24. The van der Waals surface area contributed by atoms with Crippen LogP contribution in [0.1, 0.15) is 232 Å². The van der Waals surface area contributed by atoms with Crippen LogP contribution in [-0.4, -0.2) is 75.6 Å². The summed E-state index contributed by atoms with van der Waals surface area (Å²) in [6.07, 6.45) is 66.9. The Morgan fingerprint density at radius 2 is 0.866 bits per heavy atom. The highest BCUT2D eigenvalue weighted by atomic mass is 31.2. The standard InChI is InChI=1S/C58H106NO7P/c1-6-8-10-12-14-16-18-20-22-24-26-28-29-30-32-34-36-38-40-42-44-46-48-50-53-63-55-57(56-65-67(61,62)64-54-52-59(3,4)5)66-58(60)51-49-47-45-43-41-39-37-35-33-31-27-25-23-21-19-17-15-13-11-9-7-2/h9,11,15,17,21,23,27,31,35,37,41,43,57H,6-8,10,12-14,16,18-20,22,24-26,28-30,32-34,36,38-40,42,44-56H2,1-5H3/p+1/b11-9-,17-15-,23-21-,31-27-,37-35-,43-41-. The van der Waals surface area contributed by atoms with Crippen LogP contribution in [0.15, 0.2) is 72.9 Å². The zero-order chi connectivity index (χ0) is 49.0. The van der Waals surface area contributed by atoms with Gasteiger partial charge in [0, 0.05) is 13.0 Å². The van der Waals surface area contributed by atoms with Gasteiger partial charge in [0.1, 0.15) is 19.3 Å².